The van der Waals surface area contributed by atoms with Gasteiger partial charge in [0.05, 0.1) is 14.2 Å². The molecule has 1 atom stereocenters. The third-order valence-corrected chi connectivity index (χ3v) is 4.49. The molecule has 0 saturated carbocycles. The number of carbonyl (C=O) groups excluding carboxylic acids is 1. The van der Waals surface area contributed by atoms with Crippen LogP contribution in [0.5, 0.6) is 11.5 Å². The Bertz CT molecular complexity index is 957. The van der Waals surface area contributed by atoms with Crippen molar-refractivity contribution in [1.29, 1.82) is 0 Å². The topological polar surface area (TPSA) is 60.6 Å². The lowest BCUT2D eigenvalue weighted by Gasteiger charge is -2.13. The highest BCUT2D eigenvalue weighted by atomic mass is 16.6. The highest BCUT2D eigenvalue weighted by Gasteiger charge is 2.38. The van der Waals surface area contributed by atoms with E-state index >= 15 is 0 Å². The number of carbonyl (C=O) groups is 1. The van der Waals surface area contributed by atoms with Gasteiger partial charge in [0.25, 0.3) is 0 Å². The van der Waals surface area contributed by atoms with E-state index in [-0.39, 0.29) is 0 Å². The van der Waals surface area contributed by atoms with Gasteiger partial charge < -0.3 is 19.2 Å². The second-order valence-electron chi connectivity index (χ2n) is 5.76. The Morgan fingerprint density at radius 1 is 1.08 bits per heavy atom. The van der Waals surface area contributed by atoms with Crippen LogP contribution in [0.3, 0.4) is 0 Å². The molecule has 2 aromatic carbocycles. The largest absolute Gasteiger partial charge is 0.493 e. The molecule has 0 fully saturated rings. The van der Waals surface area contributed by atoms with Gasteiger partial charge >= 0.3 is 5.97 Å². The zero-order valence-corrected chi connectivity index (χ0v) is 13.7. The molecule has 1 N–H and O–H groups in total. The summed E-state index contributed by atoms with van der Waals surface area (Å²) in [6.07, 6.45) is -0.455. The first-order valence-electron chi connectivity index (χ1n) is 7.68. The Morgan fingerprint density at radius 2 is 1.88 bits per heavy atom. The number of rotatable bonds is 3. The zero-order chi connectivity index (χ0) is 16.8. The molecule has 5 heteroatoms. The van der Waals surface area contributed by atoms with Crippen molar-refractivity contribution in [3.05, 3.63) is 58.8 Å². The lowest BCUT2D eigenvalue weighted by atomic mass is 9.96. The number of methoxy groups -OCH3 is 2. The summed E-state index contributed by atoms with van der Waals surface area (Å²) in [4.78, 5) is 15.9. The van der Waals surface area contributed by atoms with E-state index in [9.17, 15) is 4.79 Å². The van der Waals surface area contributed by atoms with E-state index in [2.05, 4.69) is 4.98 Å². The fourth-order valence-corrected chi connectivity index (χ4v) is 3.45. The molecule has 1 aliphatic heterocycles. The van der Waals surface area contributed by atoms with Crippen molar-refractivity contribution in [3.8, 4) is 11.5 Å². The normalized spacial score (nSPS) is 16.1. The van der Waals surface area contributed by atoms with Crippen LogP contribution < -0.4 is 9.47 Å². The molecule has 0 amide bonds. The van der Waals surface area contributed by atoms with Crippen LogP contribution in [0.2, 0.25) is 0 Å². The van der Waals surface area contributed by atoms with Gasteiger partial charge in [-0.2, -0.15) is 0 Å². The van der Waals surface area contributed by atoms with Gasteiger partial charge in [0, 0.05) is 27.7 Å². The molecule has 1 aromatic heterocycles. The average Bonchev–Trinajstić information content (AvgIpc) is 3.10. The molecule has 0 unspecified atom stereocenters. The SMILES string of the molecule is COc1ccc2c(c1OC)C(=O)O[C@H]2c1c(C)[nH]c2ccccc12. The van der Waals surface area contributed by atoms with Crippen molar-refractivity contribution >= 4 is 16.9 Å². The van der Waals surface area contributed by atoms with E-state index in [1.807, 2.05) is 37.3 Å². The molecule has 3 aromatic rings. The number of para-hydroxylation sites is 1. The summed E-state index contributed by atoms with van der Waals surface area (Å²) in [5.74, 6) is 0.542. The lowest BCUT2D eigenvalue weighted by molar-refractivity contribution is 0.0455. The Kier molecular flexibility index (Phi) is 3.23. The van der Waals surface area contributed by atoms with Gasteiger partial charge in [0.15, 0.2) is 17.6 Å². The first-order valence-corrected chi connectivity index (χ1v) is 7.68. The van der Waals surface area contributed by atoms with Crippen LogP contribution in [0.25, 0.3) is 10.9 Å². The van der Waals surface area contributed by atoms with Crippen LogP contribution in [-0.2, 0) is 4.74 Å². The number of aromatic nitrogens is 1. The Balaban J connectivity index is 1.95. The van der Waals surface area contributed by atoms with Gasteiger partial charge in [-0.15, -0.1) is 0 Å². The van der Waals surface area contributed by atoms with Crippen molar-refractivity contribution in [1.82, 2.24) is 4.98 Å². The van der Waals surface area contributed by atoms with Crippen LogP contribution in [-0.4, -0.2) is 25.2 Å². The van der Waals surface area contributed by atoms with Crippen LogP contribution >= 0.6 is 0 Å². The number of fused-ring (bicyclic) bond motifs is 2. The van der Waals surface area contributed by atoms with E-state index in [0.29, 0.717) is 17.1 Å². The summed E-state index contributed by atoms with van der Waals surface area (Å²) in [5.41, 5.74) is 4.22. The van der Waals surface area contributed by atoms with Crippen molar-refractivity contribution in [2.75, 3.05) is 14.2 Å². The molecular formula is C19H17NO4. The quantitative estimate of drug-likeness (QED) is 0.746. The third-order valence-electron chi connectivity index (χ3n) is 4.49. The minimum Gasteiger partial charge on any atom is -0.493 e. The van der Waals surface area contributed by atoms with Crippen LogP contribution in [0.4, 0.5) is 0 Å². The van der Waals surface area contributed by atoms with Crippen molar-refractivity contribution < 1.29 is 19.0 Å². The summed E-state index contributed by atoms with van der Waals surface area (Å²) in [7, 11) is 3.07. The summed E-state index contributed by atoms with van der Waals surface area (Å²) in [6.45, 7) is 1.99. The predicted octanol–water partition coefficient (Wildman–Crippen LogP) is 3.75. The Morgan fingerprint density at radius 3 is 2.62 bits per heavy atom. The third kappa shape index (κ3) is 1.91. The number of aromatic amines is 1. The minimum atomic E-state index is -0.455. The maximum absolute atomic E-state index is 12.5. The second-order valence-corrected chi connectivity index (χ2v) is 5.76. The van der Waals surface area contributed by atoms with Gasteiger partial charge in [-0.05, 0) is 19.1 Å². The molecule has 1 aliphatic rings. The number of cyclic esters (lactones) is 1. The summed E-state index contributed by atoms with van der Waals surface area (Å²) < 4.78 is 16.4. The van der Waals surface area contributed by atoms with E-state index in [0.717, 1.165) is 27.7 Å². The van der Waals surface area contributed by atoms with Crippen LogP contribution in [0.15, 0.2) is 36.4 Å². The molecule has 0 bridgehead atoms. The van der Waals surface area contributed by atoms with E-state index < -0.39 is 12.1 Å². The fourth-order valence-electron chi connectivity index (χ4n) is 3.45. The van der Waals surface area contributed by atoms with Crippen LogP contribution in [0, 0.1) is 6.92 Å². The zero-order valence-electron chi connectivity index (χ0n) is 13.7. The number of ether oxygens (including phenoxy) is 3. The number of H-pyrrole nitrogens is 1. The number of nitrogens with one attached hydrogen (secondary N) is 1. The average molecular weight is 323 g/mol. The highest BCUT2D eigenvalue weighted by Crippen LogP contribution is 2.46. The van der Waals surface area contributed by atoms with Crippen molar-refractivity contribution in [3.63, 3.8) is 0 Å². The molecule has 5 nitrogen and oxygen atoms in total. The van der Waals surface area contributed by atoms with E-state index in [1.165, 1.54) is 7.11 Å². The van der Waals surface area contributed by atoms with Gasteiger partial charge in [-0.1, -0.05) is 24.3 Å². The predicted molar refractivity (Wildman–Crippen MR) is 89.8 cm³/mol. The Labute approximate surface area is 139 Å². The molecule has 0 radical (unpaired) electrons. The smallest absolute Gasteiger partial charge is 0.343 e. The van der Waals surface area contributed by atoms with Crippen LogP contribution in [0.1, 0.15) is 33.3 Å². The molecule has 0 aliphatic carbocycles. The number of esters is 1. The monoisotopic (exact) mass is 323 g/mol. The minimum absolute atomic E-state index is 0.393. The summed E-state index contributed by atoms with van der Waals surface area (Å²) in [5, 5.41) is 1.05. The van der Waals surface area contributed by atoms with Gasteiger partial charge in [0.2, 0.25) is 0 Å². The summed E-state index contributed by atoms with van der Waals surface area (Å²) >= 11 is 0. The molecule has 122 valence electrons. The fraction of sp³-hybridized carbons (Fsp3) is 0.211. The maximum atomic E-state index is 12.5. The second kappa shape index (κ2) is 5.30. The highest BCUT2D eigenvalue weighted by molar-refractivity contribution is 5.99. The van der Waals surface area contributed by atoms with Gasteiger partial charge in [-0.25, -0.2) is 4.79 Å². The van der Waals surface area contributed by atoms with E-state index in [1.54, 1.807) is 13.2 Å². The van der Waals surface area contributed by atoms with Gasteiger partial charge in [0.1, 0.15) is 5.56 Å². The molecule has 0 spiro atoms. The maximum Gasteiger partial charge on any atom is 0.343 e. The molecule has 4 rings (SSSR count). The number of hydrogen-bond donors (Lipinski definition) is 1. The number of hydrogen-bond acceptors (Lipinski definition) is 4. The summed E-state index contributed by atoms with van der Waals surface area (Å²) in [6, 6.07) is 11.7. The molecule has 24 heavy (non-hydrogen) atoms. The molecule has 0 saturated heterocycles. The Hall–Kier alpha value is -2.95. The molecule has 2 heterocycles. The lowest BCUT2D eigenvalue weighted by Crippen LogP contribution is -2.01. The number of aryl methyl sites for hydroxylation is 1. The van der Waals surface area contributed by atoms with Crippen molar-refractivity contribution in [2.24, 2.45) is 0 Å². The first-order chi connectivity index (χ1) is 11.7. The van der Waals surface area contributed by atoms with E-state index in [4.69, 9.17) is 14.2 Å². The number of benzene rings is 2. The molecular weight excluding hydrogens is 306 g/mol. The van der Waals surface area contributed by atoms with Gasteiger partial charge in [-0.3, -0.25) is 0 Å². The first kappa shape index (κ1) is 14.6. The standard InChI is InChI=1S/C19H17NO4/c1-10-15(11-6-4-5-7-13(11)20-10)17-12-8-9-14(22-2)18(23-3)16(12)19(21)24-17/h4-9,17,20H,1-3H3/t17-/m1/s1. The van der Waals surface area contributed by atoms with Crippen molar-refractivity contribution in [2.45, 2.75) is 13.0 Å².